The average Bonchev–Trinajstić information content (AvgIpc) is 2.44. The molecule has 0 aromatic carbocycles. The summed E-state index contributed by atoms with van der Waals surface area (Å²) in [5.74, 6) is 2.85. The highest BCUT2D eigenvalue weighted by Crippen LogP contribution is 2.23. The third-order valence-corrected chi connectivity index (χ3v) is 8.05. The number of hydrogen-bond acceptors (Lipinski definition) is 0. The van der Waals surface area contributed by atoms with Gasteiger partial charge in [0.15, 0.2) is 0 Å². The summed E-state index contributed by atoms with van der Waals surface area (Å²) in [5, 5.41) is 0. The maximum absolute atomic E-state index is 2.43. The Morgan fingerprint density at radius 2 is 0.842 bits per heavy atom. The zero-order valence-electron chi connectivity index (χ0n) is 14.6. The molecule has 0 amide bonds. The highest BCUT2D eigenvalue weighted by atomic mass is 28.3. The first-order chi connectivity index (χ1) is 9.03. The first kappa shape index (κ1) is 19.2. The van der Waals surface area contributed by atoms with Crippen molar-refractivity contribution >= 4 is 8.80 Å². The van der Waals surface area contributed by atoms with Crippen LogP contribution in [0.3, 0.4) is 0 Å². The Morgan fingerprint density at radius 1 is 0.579 bits per heavy atom. The fourth-order valence-electron chi connectivity index (χ4n) is 2.34. The van der Waals surface area contributed by atoms with Gasteiger partial charge in [0, 0.05) is 8.80 Å². The van der Waals surface area contributed by atoms with Gasteiger partial charge in [0.05, 0.1) is 0 Å². The highest BCUT2D eigenvalue weighted by Gasteiger charge is 2.15. The molecule has 0 spiro atoms. The van der Waals surface area contributed by atoms with Gasteiger partial charge in [0.2, 0.25) is 0 Å². The van der Waals surface area contributed by atoms with E-state index in [-0.39, 0.29) is 8.80 Å². The maximum Gasteiger partial charge on any atom is 0.0479 e. The second-order valence-corrected chi connectivity index (χ2v) is 9.91. The molecule has 0 fully saturated rings. The monoisotopic (exact) mass is 283 g/mol. The molecule has 115 valence electrons. The van der Waals surface area contributed by atoms with E-state index in [0.717, 1.165) is 17.8 Å². The lowest BCUT2D eigenvalue weighted by Gasteiger charge is -2.20. The molecular formula is C18H39Si. The lowest BCUT2D eigenvalue weighted by Crippen LogP contribution is -2.16. The molecule has 0 saturated carbocycles. The molecule has 0 nitrogen and oxygen atoms in total. The van der Waals surface area contributed by atoms with Crippen LogP contribution in [0.5, 0.6) is 0 Å². The van der Waals surface area contributed by atoms with Crippen molar-refractivity contribution in [1.82, 2.24) is 0 Å². The molecule has 1 radical (unpaired) electrons. The van der Waals surface area contributed by atoms with Crippen molar-refractivity contribution in [2.24, 2.45) is 17.8 Å². The van der Waals surface area contributed by atoms with E-state index in [9.17, 15) is 0 Å². The normalized spacial score (nSPS) is 16.6. The van der Waals surface area contributed by atoms with Crippen molar-refractivity contribution in [3.8, 4) is 0 Å². The average molecular weight is 284 g/mol. The quantitative estimate of drug-likeness (QED) is 0.346. The van der Waals surface area contributed by atoms with Crippen LogP contribution in [0, 0.1) is 17.8 Å². The molecule has 3 atom stereocenters. The number of rotatable bonds is 12. The van der Waals surface area contributed by atoms with Crippen molar-refractivity contribution in [2.75, 3.05) is 0 Å². The molecule has 3 unspecified atom stereocenters. The van der Waals surface area contributed by atoms with Gasteiger partial charge in [-0.3, -0.25) is 0 Å². The molecule has 0 heterocycles. The third-order valence-electron chi connectivity index (χ3n) is 5.06. The maximum atomic E-state index is 2.43. The summed E-state index contributed by atoms with van der Waals surface area (Å²) in [5.41, 5.74) is 0. The molecule has 0 aliphatic heterocycles. The molecule has 19 heavy (non-hydrogen) atoms. The van der Waals surface area contributed by atoms with Gasteiger partial charge in [-0.2, -0.15) is 0 Å². The highest BCUT2D eigenvalue weighted by molar-refractivity contribution is 6.58. The summed E-state index contributed by atoms with van der Waals surface area (Å²) >= 11 is 0. The van der Waals surface area contributed by atoms with Gasteiger partial charge < -0.3 is 0 Å². The first-order valence-electron chi connectivity index (χ1n) is 8.86. The largest absolute Gasteiger partial charge is 0.0651 e. The summed E-state index contributed by atoms with van der Waals surface area (Å²) in [6.45, 7) is 14.3. The zero-order chi connectivity index (χ0) is 14.7. The van der Waals surface area contributed by atoms with Crippen molar-refractivity contribution < 1.29 is 0 Å². The van der Waals surface area contributed by atoms with Gasteiger partial charge >= 0.3 is 0 Å². The van der Waals surface area contributed by atoms with Crippen molar-refractivity contribution in [1.29, 1.82) is 0 Å². The van der Waals surface area contributed by atoms with Crippen LogP contribution in [0.25, 0.3) is 0 Å². The van der Waals surface area contributed by atoms with Crippen LogP contribution >= 0.6 is 0 Å². The Kier molecular flexibility index (Phi) is 12.1. The second kappa shape index (κ2) is 12.0. The van der Waals surface area contributed by atoms with Crippen molar-refractivity contribution in [3.63, 3.8) is 0 Å². The van der Waals surface area contributed by atoms with Crippen molar-refractivity contribution in [2.45, 2.75) is 98.2 Å². The molecule has 0 aliphatic rings. The molecule has 0 bridgehead atoms. The number of hydrogen-bond donors (Lipinski definition) is 0. The van der Waals surface area contributed by atoms with Crippen LogP contribution in [0.15, 0.2) is 0 Å². The summed E-state index contributed by atoms with van der Waals surface area (Å²) in [4.78, 5) is 0. The van der Waals surface area contributed by atoms with E-state index in [1.807, 2.05) is 0 Å². The Bertz CT molecular complexity index is 157. The predicted molar refractivity (Wildman–Crippen MR) is 92.4 cm³/mol. The van der Waals surface area contributed by atoms with E-state index in [4.69, 9.17) is 0 Å². The molecule has 1 heteroatoms. The van der Waals surface area contributed by atoms with Gasteiger partial charge in [0.1, 0.15) is 0 Å². The second-order valence-electron chi connectivity index (χ2n) is 6.91. The first-order valence-corrected chi connectivity index (χ1v) is 11.0. The summed E-state index contributed by atoms with van der Waals surface area (Å²) in [6, 6.07) is 4.73. The minimum Gasteiger partial charge on any atom is -0.0651 e. The minimum absolute atomic E-state index is 0.0597. The van der Waals surface area contributed by atoms with Crippen LogP contribution in [0.1, 0.15) is 80.1 Å². The van der Waals surface area contributed by atoms with Gasteiger partial charge in [-0.25, -0.2) is 0 Å². The Balaban J connectivity index is 4.06. The molecular weight excluding hydrogens is 244 g/mol. The van der Waals surface area contributed by atoms with E-state index < -0.39 is 0 Å². The molecule has 0 N–H and O–H groups in total. The molecule has 0 aromatic heterocycles. The van der Waals surface area contributed by atoms with Crippen LogP contribution in [0.4, 0.5) is 0 Å². The predicted octanol–water partition coefficient (Wildman–Crippen LogP) is 6.79. The molecule has 0 saturated heterocycles. The minimum atomic E-state index is -0.0597. The SMILES string of the molecule is CCC(C)CC[Si](CCC(C)CC)CCC(C)CC. The van der Waals surface area contributed by atoms with Crippen LogP contribution < -0.4 is 0 Å². The summed E-state index contributed by atoms with van der Waals surface area (Å²) < 4.78 is 0. The fourth-order valence-corrected chi connectivity index (χ4v) is 5.79. The topological polar surface area (TPSA) is 0 Å². The standard InChI is InChI=1S/C18H39Si/c1-7-16(4)10-13-19(14-11-17(5)8-2)15-12-18(6)9-3/h16-18H,7-15H2,1-6H3. The molecule has 0 aliphatic carbocycles. The third kappa shape index (κ3) is 10.6. The van der Waals surface area contributed by atoms with E-state index in [1.54, 1.807) is 18.1 Å². The Hall–Kier alpha value is 0.217. The molecule has 0 rings (SSSR count). The van der Waals surface area contributed by atoms with E-state index in [0.29, 0.717) is 0 Å². The van der Waals surface area contributed by atoms with Gasteiger partial charge in [0.25, 0.3) is 0 Å². The van der Waals surface area contributed by atoms with E-state index in [1.165, 1.54) is 38.5 Å². The van der Waals surface area contributed by atoms with E-state index >= 15 is 0 Å². The van der Waals surface area contributed by atoms with Gasteiger partial charge in [-0.15, -0.1) is 0 Å². The van der Waals surface area contributed by atoms with Crippen LogP contribution in [-0.2, 0) is 0 Å². The van der Waals surface area contributed by atoms with Crippen molar-refractivity contribution in [3.05, 3.63) is 0 Å². The van der Waals surface area contributed by atoms with Gasteiger partial charge in [-0.05, 0) is 17.8 Å². The van der Waals surface area contributed by atoms with Gasteiger partial charge in [-0.1, -0.05) is 98.2 Å². The van der Waals surface area contributed by atoms with E-state index in [2.05, 4.69) is 41.5 Å². The summed E-state index contributed by atoms with van der Waals surface area (Å²) in [6.07, 6.45) is 8.58. The Labute approximate surface area is 125 Å². The lowest BCUT2D eigenvalue weighted by atomic mass is 10.1. The smallest absolute Gasteiger partial charge is 0.0479 e. The Morgan fingerprint density at radius 3 is 1.05 bits per heavy atom. The zero-order valence-corrected chi connectivity index (χ0v) is 15.6. The fraction of sp³-hybridized carbons (Fsp3) is 1.00. The lowest BCUT2D eigenvalue weighted by molar-refractivity contribution is 0.520. The van der Waals surface area contributed by atoms with Crippen LogP contribution in [0.2, 0.25) is 18.1 Å². The summed E-state index contributed by atoms with van der Waals surface area (Å²) in [7, 11) is -0.0597. The van der Waals surface area contributed by atoms with Crippen LogP contribution in [-0.4, -0.2) is 8.80 Å². The molecule has 0 aromatic rings.